The summed E-state index contributed by atoms with van der Waals surface area (Å²) in [6.07, 6.45) is 1.50. The number of halogens is 2. The highest BCUT2D eigenvalue weighted by Gasteiger charge is 2.31. The minimum atomic E-state index is -3.74. The Bertz CT molecular complexity index is 629. The smallest absolute Gasteiger partial charge is 0.244 e. The lowest BCUT2D eigenvalue weighted by Crippen LogP contribution is -2.44. The molecule has 0 aromatic heterocycles. The maximum absolute atomic E-state index is 13.3. The highest BCUT2D eigenvalue weighted by atomic mass is 35.5. The fourth-order valence-electron chi connectivity index (χ4n) is 2.48. The third-order valence-corrected chi connectivity index (χ3v) is 6.19. The lowest BCUT2D eigenvalue weighted by atomic mass is 10.1. The van der Waals surface area contributed by atoms with Crippen LogP contribution >= 0.6 is 11.6 Å². The molecule has 0 atom stereocenters. The lowest BCUT2D eigenvalue weighted by Gasteiger charge is -2.34. The molecule has 1 fully saturated rings. The summed E-state index contributed by atoms with van der Waals surface area (Å²) in [5.41, 5.74) is 5.23. The van der Waals surface area contributed by atoms with E-state index >= 15 is 0 Å². The van der Waals surface area contributed by atoms with E-state index in [-0.39, 0.29) is 15.6 Å². The molecule has 0 spiro atoms. The molecule has 21 heavy (non-hydrogen) atoms. The molecule has 1 aromatic carbocycles. The third-order valence-electron chi connectivity index (χ3n) is 3.82. The predicted molar refractivity (Wildman–Crippen MR) is 81.3 cm³/mol. The molecular formula is C13H19ClFN3O2S. The maximum atomic E-state index is 13.3. The molecular weight excluding hydrogens is 317 g/mol. The molecule has 1 aliphatic rings. The van der Waals surface area contributed by atoms with E-state index in [2.05, 4.69) is 4.90 Å². The molecule has 0 amide bonds. The lowest BCUT2D eigenvalue weighted by molar-refractivity contribution is 0.196. The first-order chi connectivity index (χ1) is 9.73. The number of rotatable bonds is 3. The van der Waals surface area contributed by atoms with E-state index in [4.69, 9.17) is 17.3 Å². The number of benzene rings is 1. The molecule has 8 heteroatoms. The molecule has 1 saturated heterocycles. The summed E-state index contributed by atoms with van der Waals surface area (Å²) in [7, 11) is 0.212. The zero-order valence-corrected chi connectivity index (χ0v) is 13.6. The fourth-order valence-corrected chi connectivity index (χ4v) is 4.47. The van der Waals surface area contributed by atoms with E-state index in [0.717, 1.165) is 25.0 Å². The standard InChI is InChI=1S/C13H19ClFN3O2S/c1-17(2)9-3-5-18(6-4-9)21(19,20)13-8-12(16)11(15)7-10(13)14/h7-9H,3-6,16H2,1-2H3. The molecule has 1 aromatic rings. The third kappa shape index (κ3) is 3.31. The van der Waals surface area contributed by atoms with Crippen molar-refractivity contribution in [2.75, 3.05) is 32.9 Å². The minimum absolute atomic E-state index is 0.133. The van der Waals surface area contributed by atoms with Crippen molar-refractivity contribution in [3.63, 3.8) is 0 Å². The van der Waals surface area contributed by atoms with Crippen molar-refractivity contribution in [2.45, 2.75) is 23.8 Å². The van der Waals surface area contributed by atoms with E-state index in [0.29, 0.717) is 19.1 Å². The van der Waals surface area contributed by atoms with Crippen molar-refractivity contribution >= 4 is 27.3 Å². The largest absolute Gasteiger partial charge is 0.396 e. The van der Waals surface area contributed by atoms with Crippen LogP contribution in [-0.4, -0.2) is 50.8 Å². The molecule has 1 aliphatic heterocycles. The number of hydrogen-bond donors (Lipinski definition) is 1. The van der Waals surface area contributed by atoms with Gasteiger partial charge >= 0.3 is 0 Å². The number of nitrogens with zero attached hydrogens (tertiary/aromatic N) is 2. The molecule has 1 heterocycles. The summed E-state index contributed by atoms with van der Waals surface area (Å²) in [6, 6.07) is 2.40. The average molecular weight is 336 g/mol. The first-order valence-corrected chi connectivity index (χ1v) is 8.46. The van der Waals surface area contributed by atoms with Gasteiger partial charge in [-0.2, -0.15) is 4.31 Å². The molecule has 0 radical (unpaired) electrons. The van der Waals surface area contributed by atoms with Crippen molar-refractivity contribution in [3.05, 3.63) is 23.0 Å². The quantitative estimate of drug-likeness (QED) is 0.855. The number of sulfonamides is 1. The van der Waals surface area contributed by atoms with Gasteiger partial charge in [0.15, 0.2) is 0 Å². The van der Waals surface area contributed by atoms with Crippen molar-refractivity contribution in [1.29, 1.82) is 0 Å². The number of piperidine rings is 1. The average Bonchev–Trinajstić information content (AvgIpc) is 2.42. The van der Waals surface area contributed by atoms with Gasteiger partial charge in [0.25, 0.3) is 0 Å². The summed E-state index contributed by atoms with van der Waals surface area (Å²) in [5, 5.41) is -0.142. The molecule has 2 N–H and O–H groups in total. The number of anilines is 1. The normalized spacial score (nSPS) is 18.3. The van der Waals surface area contributed by atoms with Crippen molar-refractivity contribution < 1.29 is 12.8 Å². The van der Waals surface area contributed by atoms with Crippen LogP contribution in [-0.2, 0) is 10.0 Å². The first kappa shape index (κ1) is 16.5. The second-order valence-electron chi connectivity index (χ2n) is 5.40. The Morgan fingerprint density at radius 2 is 1.90 bits per heavy atom. The van der Waals surface area contributed by atoms with Crippen molar-refractivity contribution in [3.8, 4) is 0 Å². The molecule has 2 rings (SSSR count). The van der Waals surface area contributed by atoms with E-state index in [1.165, 1.54) is 4.31 Å². The molecule has 5 nitrogen and oxygen atoms in total. The van der Waals surface area contributed by atoms with Crippen LogP contribution in [0, 0.1) is 5.82 Å². The van der Waals surface area contributed by atoms with E-state index in [1.54, 1.807) is 0 Å². The van der Waals surface area contributed by atoms with Gasteiger partial charge in [0.2, 0.25) is 10.0 Å². The van der Waals surface area contributed by atoms with Gasteiger partial charge in [-0.25, -0.2) is 12.8 Å². The summed E-state index contributed by atoms with van der Waals surface area (Å²) >= 11 is 5.87. The Morgan fingerprint density at radius 1 is 1.33 bits per heavy atom. The summed E-state index contributed by atoms with van der Waals surface area (Å²) < 4.78 is 39.9. The van der Waals surface area contributed by atoms with Gasteiger partial charge in [0, 0.05) is 19.1 Å². The van der Waals surface area contributed by atoms with Gasteiger partial charge in [-0.15, -0.1) is 0 Å². The predicted octanol–water partition coefficient (Wildman–Crippen LogP) is 1.78. The highest BCUT2D eigenvalue weighted by Crippen LogP contribution is 2.30. The second-order valence-corrected chi connectivity index (χ2v) is 7.72. The van der Waals surface area contributed by atoms with Crippen LogP contribution in [0.4, 0.5) is 10.1 Å². The van der Waals surface area contributed by atoms with E-state index in [9.17, 15) is 12.8 Å². The minimum Gasteiger partial charge on any atom is -0.396 e. The molecule has 0 aliphatic carbocycles. The van der Waals surface area contributed by atoms with Gasteiger partial charge in [-0.1, -0.05) is 11.6 Å². The number of nitrogens with two attached hydrogens (primary N) is 1. The Balaban J connectivity index is 2.26. The summed E-state index contributed by atoms with van der Waals surface area (Å²) in [5.74, 6) is -0.717. The van der Waals surface area contributed by atoms with Crippen molar-refractivity contribution in [1.82, 2.24) is 9.21 Å². The fraction of sp³-hybridized carbons (Fsp3) is 0.538. The van der Waals surface area contributed by atoms with Crippen LogP contribution in [0.1, 0.15) is 12.8 Å². The molecule has 118 valence electrons. The number of nitrogen functional groups attached to an aromatic ring is 1. The van der Waals surface area contributed by atoms with Gasteiger partial charge in [0.1, 0.15) is 10.7 Å². The van der Waals surface area contributed by atoms with Crippen LogP contribution < -0.4 is 5.73 Å². The SMILES string of the molecule is CN(C)C1CCN(S(=O)(=O)c2cc(N)c(F)cc2Cl)CC1. The topological polar surface area (TPSA) is 66.6 Å². The Hall–Kier alpha value is -0.890. The zero-order chi connectivity index (χ0) is 15.8. The summed E-state index contributed by atoms with van der Waals surface area (Å²) in [4.78, 5) is 1.96. The Morgan fingerprint density at radius 3 is 2.43 bits per heavy atom. The maximum Gasteiger partial charge on any atom is 0.244 e. The Labute approximate surface area is 129 Å². The van der Waals surface area contributed by atoms with E-state index in [1.807, 2.05) is 14.1 Å². The van der Waals surface area contributed by atoms with Gasteiger partial charge < -0.3 is 10.6 Å². The monoisotopic (exact) mass is 335 g/mol. The molecule has 0 bridgehead atoms. The molecule has 0 saturated carbocycles. The van der Waals surface area contributed by atoms with Crippen LogP contribution in [0.15, 0.2) is 17.0 Å². The van der Waals surface area contributed by atoms with Gasteiger partial charge in [-0.3, -0.25) is 0 Å². The Kier molecular flexibility index (Phi) is 4.77. The van der Waals surface area contributed by atoms with Crippen LogP contribution in [0.3, 0.4) is 0 Å². The van der Waals surface area contributed by atoms with Crippen molar-refractivity contribution in [2.24, 2.45) is 0 Å². The second kappa shape index (κ2) is 6.08. The van der Waals surface area contributed by atoms with Gasteiger partial charge in [-0.05, 0) is 39.1 Å². The molecule has 0 unspecified atom stereocenters. The van der Waals surface area contributed by atoms with Crippen LogP contribution in [0.5, 0.6) is 0 Å². The van der Waals surface area contributed by atoms with Crippen LogP contribution in [0.25, 0.3) is 0 Å². The zero-order valence-electron chi connectivity index (χ0n) is 12.0. The van der Waals surface area contributed by atoms with E-state index < -0.39 is 15.8 Å². The van der Waals surface area contributed by atoms with Gasteiger partial charge in [0.05, 0.1) is 10.7 Å². The number of hydrogen-bond acceptors (Lipinski definition) is 4. The highest BCUT2D eigenvalue weighted by molar-refractivity contribution is 7.89. The van der Waals surface area contributed by atoms with Crippen LogP contribution in [0.2, 0.25) is 5.02 Å². The summed E-state index contributed by atoms with van der Waals surface area (Å²) in [6.45, 7) is 0.831. The first-order valence-electron chi connectivity index (χ1n) is 6.64.